The predicted molar refractivity (Wildman–Crippen MR) is 124 cm³/mol. The van der Waals surface area contributed by atoms with E-state index in [4.69, 9.17) is 5.73 Å². The molecule has 4 heterocycles. The van der Waals surface area contributed by atoms with Crippen LogP contribution in [0, 0.1) is 5.82 Å². The molecule has 0 atom stereocenters. The standard InChI is InChI=1S/C25H27F4N5O2/c1-23(2,36)18-15(11-34-12-16(32-22(34)19(18)26)13-5-9-31-10-6-13)14-3-4-17(33-20(14)21(30)35)24(7-8-24)25(27,28)29/h3-4,11-13,31,36H,5-10H2,1-2H3,(H2,30,35). The number of nitrogens with zero attached hydrogens (tertiary/aromatic N) is 3. The van der Waals surface area contributed by atoms with E-state index < -0.39 is 34.6 Å². The summed E-state index contributed by atoms with van der Waals surface area (Å²) in [5.41, 5.74) is 1.73. The van der Waals surface area contributed by atoms with E-state index in [0.717, 1.165) is 25.9 Å². The van der Waals surface area contributed by atoms with Crippen LogP contribution >= 0.6 is 0 Å². The lowest BCUT2D eigenvalue weighted by atomic mass is 9.89. The first-order valence-electron chi connectivity index (χ1n) is 11.9. The molecule has 1 amide bonds. The minimum Gasteiger partial charge on any atom is -0.386 e. The van der Waals surface area contributed by atoms with Crippen LogP contribution in [0.15, 0.2) is 24.5 Å². The Morgan fingerprint density at radius 3 is 2.36 bits per heavy atom. The summed E-state index contributed by atoms with van der Waals surface area (Å²) in [6.07, 6.45) is 0.116. The molecule has 1 saturated carbocycles. The molecule has 1 aliphatic heterocycles. The van der Waals surface area contributed by atoms with Crippen molar-refractivity contribution in [3.8, 4) is 11.1 Å². The van der Waals surface area contributed by atoms with Crippen molar-refractivity contribution in [2.24, 2.45) is 5.73 Å². The second kappa shape index (κ2) is 8.24. The Morgan fingerprint density at radius 1 is 1.14 bits per heavy atom. The van der Waals surface area contributed by atoms with Gasteiger partial charge in [-0.2, -0.15) is 13.2 Å². The number of carbonyl (C=O) groups is 1. The number of rotatable bonds is 5. The molecule has 11 heteroatoms. The lowest BCUT2D eigenvalue weighted by Gasteiger charge is -2.24. The third-order valence-corrected chi connectivity index (χ3v) is 7.28. The number of aliphatic hydroxyl groups is 1. The number of aromatic nitrogens is 3. The van der Waals surface area contributed by atoms with Gasteiger partial charge in [-0.05, 0) is 58.7 Å². The number of amides is 1. The lowest BCUT2D eigenvalue weighted by Crippen LogP contribution is -2.30. The minimum atomic E-state index is -4.53. The van der Waals surface area contributed by atoms with E-state index in [-0.39, 0.29) is 46.8 Å². The fraction of sp³-hybridized carbons (Fsp3) is 0.480. The first-order chi connectivity index (χ1) is 16.8. The van der Waals surface area contributed by atoms with Crippen LogP contribution in [0.4, 0.5) is 17.6 Å². The molecular weight excluding hydrogens is 478 g/mol. The summed E-state index contributed by atoms with van der Waals surface area (Å²) < 4.78 is 58.5. The van der Waals surface area contributed by atoms with Crippen molar-refractivity contribution in [2.45, 2.75) is 62.6 Å². The highest BCUT2D eigenvalue weighted by Crippen LogP contribution is 2.58. The summed E-state index contributed by atoms with van der Waals surface area (Å²) in [7, 11) is 0. The maximum absolute atomic E-state index is 15.9. The third kappa shape index (κ3) is 3.94. The number of hydrogen-bond donors (Lipinski definition) is 3. The van der Waals surface area contributed by atoms with E-state index in [1.54, 1.807) is 6.20 Å². The summed E-state index contributed by atoms with van der Waals surface area (Å²) in [5.74, 6) is -1.69. The number of piperidine rings is 1. The molecule has 3 aromatic heterocycles. The number of carbonyl (C=O) groups excluding carboxylic acids is 1. The van der Waals surface area contributed by atoms with Crippen molar-refractivity contribution in [3.63, 3.8) is 0 Å². The first kappa shape index (κ1) is 24.6. The zero-order valence-electron chi connectivity index (χ0n) is 19.9. The fourth-order valence-corrected chi connectivity index (χ4v) is 5.16. The van der Waals surface area contributed by atoms with Gasteiger partial charge in [-0.15, -0.1) is 0 Å². The Hall–Kier alpha value is -3.05. The second-order valence-electron chi connectivity index (χ2n) is 10.2. The highest BCUT2D eigenvalue weighted by molar-refractivity contribution is 5.98. The average Bonchev–Trinajstić information content (AvgIpc) is 3.52. The summed E-state index contributed by atoms with van der Waals surface area (Å²) >= 11 is 0. The van der Waals surface area contributed by atoms with E-state index in [9.17, 15) is 23.1 Å². The first-order valence-corrected chi connectivity index (χ1v) is 11.9. The van der Waals surface area contributed by atoms with Gasteiger partial charge in [-0.25, -0.2) is 14.4 Å². The molecule has 0 aromatic carbocycles. The van der Waals surface area contributed by atoms with Crippen LogP contribution < -0.4 is 11.1 Å². The highest BCUT2D eigenvalue weighted by atomic mass is 19.4. The van der Waals surface area contributed by atoms with Crippen LogP contribution in [-0.4, -0.2) is 44.6 Å². The Morgan fingerprint density at radius 2 is 1.81 bits per heavy atom. The van der Waals surface area contributed by atoms with Crippen LogP contribution in [0.2, 0.25) is 0 Å². The molecule has 2 fully saturated rings. The molecule has 0 radical (unpaired) electrons. The monoisotopic (exact) mass is 505 g/mol. The van der Waals surface area contributed by atoms with E-state index in [2.05, 4.69) is 15.3 Å². The van der Waals surface area contributed by atoms with Gasteiger partial charge in [-0.3, -0.25) is 4.79 Å². The number of imidazole rings is 1. The predicted octanol–water partition coefficient (Wildman–Crippen LogP) is 3.92. The van der Waals surface area contributed by atoms with Gasteiger partial charge in [-0.1, -0.05) is 6.07 Å². The molecule has 0 unspecified atom stereocenters. The largest absolute Gasteiger partial charge is 0.399 e. The Labute approximate surface area is 204 Å². The number of halogens is 4. The molecule has 1 aliphatic carbocycles. The average molecular weight is 506 g/mol. The SMILES string of the molecule is CC(C)(O)c1c(-c2ccc(C3(C(F)(F)F)CC3)nc2C(N)=O)cn2cc(C3CCNCC3)nc2c1F. The summed E-state index contributed by atoms with van der Waals surface area (Å²) in [4.78, 5) is 20.9. The Kier molecular flexibility index (Phi) is 5.64. The number of alkyl halides is 3. The molecular formula is C25H27F4N5O2. The highest BCUT2D eigenvalue weighted by Gasteiger charge is 2.65. The molecule has 192 valence electrons. The van der Waals surface area contributed by atoms with Gasteiger partial charge in [0, 0.05) is 35.0 Å². The Bertz CT molecular complexity index is 1350. The molecule has 0 spiro atoms. The van der Waals surface area contributed by atoms with Gasteiger partial charge in [0.05, 0.1) is 17.0 Å². The topological polar surface area (TPSA) is 106 Å². The van der Waals surface area contributed by atoms with Crippen LogP contribution in [0.1, 0.15) is 72.9 Å². The van der Waals surface area contributed by atoms with E-state index >= 15 is 4.39 Å². The number of primary amides is 1. The molecule has 5 rings (SSSR count). The van der Waals surface area contributed by atoms with Crippen LogP contribution in [0.5, 0.6) is 0 Å². The van der Waals surface area contributed by atoms with Crippen molar-refractivity contribution >= 4 is 11.6 Å². The zero-order valence-corrected chi connectivity index (χ0v) is 19.9. The summed E-state index contributed by atoms with van der Waals surface area (Å²) in [6.45, 7) is 4.41. The number of nitrogens with one attached hydrogen (secondary N) is 1. The van der Waals surface area contributed by atoms with Crippen LogP contribution in [0.25, 0.3) is 16.8 Å². The molecule has 0 bridgehead atoms. The van der Waals surface area contributed by atoms with Crippen LogP contribution in [0.3, 0.4) is 0 Å². The van der Waals surface area contributed by atoms with Gasteiger partial charge in [0.15, 0.2) is 11.5 Å². The minimum absolute atomic E-state index is 0.0172. The van der Waals surface area contributed by atoms with Gasteiger partial charge < -0.3 is 20.6 Å². The molecule has 7 nitrogen and oxygen atoms in total. The van der Waals surface area contributed by atoms with Crippen molar-refractivity contribution in [3.05, 3.63) is 53.0 Å². The number of pyridine rings is 2. The maximum atomic E-state index is 15.9. The molecule has 36 heavy (non-hydrogen) atoms. The van der Waals surface area contributed by atoms with Gasteiger partial charge in [0.2, 0.25) is 0 Å². The molecule has 4 N–H and O–H groups in total. The van der Waals surface area contributed by atoms with Gasteiger partial charge >= 0.3 is 6.18 Å². The van der Waals surface area contributed by atoms with Crippen molar-refractivity contribution in [1.29, 1.82) is 0 Å². The van der Waals surface area contributed by atoms with E-state index in [0.29, 0.717) is 5.69 Å². The van der Waals surface area contributed by atoms with E-state index in [1.807, 2.05) is 0 Å². The third-order valence-electron chi connectivity index (χ3n) is 7.28. The zero-order chi connectivity index (χ0) is 26.0. The quantitative estimate of drug-likeness (QED) is 0.456. The van der Waals surface area contributed by atoms with Crippen molar-refractivity contribution < 1.29 is 27.5 Å². The van der Waals surface area contributed by atoms with Crippen LogP contribution in [-0.2, 0) is 11.0 Å². The summed E-state index contributed by atoms with van der Waals surface area (Å²) in [6, 6.07) is 2.50. The van der Waals surface area contributed by atoms with Gasteiger partial charge in [0.1, 0.15) is 11.1 Å². The maximum Gasteiger partial charge on any atom is 0.399 e. The van der Waals surface area contributed by atoms with Gasteiger partial charge in [0.25, 0.3) is 5.91 Å². The molecule has 3 aromatic rings. The van der Waals surface area contributed by atoms with Crippen molar-refractivity contribution in [1.82, 2.24) is 19.7 Å². The van der Waals surface area contributed by atoms with Crippen molar-refractivity contribution in [2.75, 3.05) is 13.1 Å². The number of nitrogens with two attached hydrogens (primary N) is 1. The Balaban J connectivity index is 1.71. The second-order valence-corrected chi connectivity index (χ2v) is 10.2. The smallest absolute Gasteiger partial charge is 0.386 e. The summed E-state index contributed by atoms with van der Waals surface area (Å²) in [5, 5.41) is 14.2. The lowest BCUT2D eigenvalue weighted by molar-refractivity contribution is -0.161. The molecule has 1 saturated heterocycles. The fourth-order valence-electron chi connectivity index (χ4n) is 5.16. The number of hydrogen-bond acceptors (Lipinski definition) is 5. The normalized spacial score (nSPS) is 18.5. The number of fused-ring (bicyclic) bond motifs is 1. The molecule has 2 aliphatic rings. The van der Waals surface area contributed by atoms with E-state index in [1.165, 1.54) is 36.6 Å².